The molecule has 2 aromatic carbocycles. The van der Waals surface area contributed by atoms with Crippen LogP contribution >= 0.6 is 11.8 Å². The number of rotatable bonds is 6. The van der Waals surface area contributed by atoms with Crippen LogP contribution in [0.25, 0.3) is 11.4 Å². The van der Waals surface area contributed by atoms with Gasteiger partial charge in [-0.05, 0) is 36.6 Å². The van der Waals surface area contributed by atoms with Gasteiger partial charge in [0.25, 0.3) is 0 Å². The molecule has 8 nitrogen and oxygen atoms in total. The van der Waals surface area contributed by atoms with Gasteiger partial charge in [-0.25, -0.2) is 4.39 Å². The molecule has 0 radical (unpaired) electrons. The van der Waals surface area contributed by atoms with E-state index in [1.807, 2.05) is 24.3 Å². The van der Waals surface area contributed by atoms with Crippen LogP contribution < -0.4 is 19.5 Å². The number of hydrogen-bond acceptors (Lipinski definition) is 9. The van der Waals surface area contributed by atoms with E-state index in [1.165, 1.54) is 18.9 Å². The normalized spacial score (nSPS) is 13.5. The zero-order chi connectivity index (χ0) is 22.0. The van der Waals surface area contributed by atoms with Crippen molar-refractivity contribution in [3.05, 3.63) is 47.6 Å². The second-order valence-electron chi connectivity index (χ2n) is 6.70. The third kappa shape index (κ3) is 4.15. The molecular formula is C21H21FN4O4S. The van der Waals surface area contributed by atoms with Gasteiger partial charge in [0.05, 0.1) is 12.2 Å². The quantitative estimate of drug-likeness (QED) is 0.424. The summed E-state index contributed by atoms with van der Waals surface area (Å²) in [6, 6.07) is 8.07. The summed E-state index contributed by atoms with van der Waals surface area (Å²) in [5, 5.41) is 15.8. The molecule has 1 unspecified atom stereocenters. The van der Waals surface area contributed by atoms with Crippen LogP contribution in [0.1, 0.15) is 17.5 Å². The number of nitrogens with zero attached hydrogens (tertiary/aromatic N) is 2. The van der Waals surface area contributed by atoms with Crippen molar-refractivity contribution < 1.29 is 23.1 Å². The minimum absolute atomic E-state index is 0.00382. The summed E-state index contributed by atoms with van der Waals surface area (Å²) in [4.78, 5) is 4.21. The lowest BCUT2D eigenvalue weighted by atomic mass is 10.0. The molecule has 0 saturated carbocycles. The van der Waals surface area contributed by atoms with E-state index in [0.717, 1.165) is 5.56 Å². The molecule has 1 aliphatic rings. The topological polar surface area (TPSA) is 102 Å². The Bertz CT molecular complexity index is 1100. The van der Waals surface area contributed by atoms with Crippen molar-refractivity contribution in [3.63, 3.8) is 0 Å². The molecule has 0 bridgehead atoms. The number of ether oxygens (including phenoxy) is 3. The third-order valence-electron chi connectivity index (χ3n) is 4.74. The van der Waals surface area contributed by atoms with E-state index < -0.39 is 11.9 Å². The van der Waals surface area contributed by atoms with Crippen LogP contribution in [0.4, 0.5) is 10.1 Å². The fraction of sp³-hybridized carbons (Fsp3) is 0.286. The van der Waals surface area contributed by atoms with Crippen LogP contribution in [0.5, 0.6) is 17.2 Å². The van der Waals surface area contributed by atoms with E-state index in [0.29, 0.717) is 29.8 Å². The molecule has 3 aromatic rings. The van der Waals surface area contributed by atoms with Crippen molar-refractivity contribution in [1.29, 1.82) is 5.41 Å². The number of nitrogens with one attached hydrogen (secondary N) is 2. The molecule has 10 heteroatoms. The Morgan fingerprint density at radius 1 is 1.23 bits per heavy atom. The smallest absolute Gasteiger partial charge is 0.223 e. The molecule has 162 valence electrons. The molecule has 1 aliphatic heterocycles. The van der Waals surface area contributed by atoms with E-state index in [4.69, 9.17) is 24.1 Å². The number of hydrogen-bond donors (Lipinski definition) is 2. The second-order valence-corrected chi connectivity index (χ2v) is 7.55. The maximum Gasteiger partial charge on any atom is 0.223 e. The summed E-state index contributed by atoms with van der Waals surface area (Å²) >= 11 is 1.22. The summed E-state index contributed by atoms with van der Waals surface area (Å²) < 4.78 is 36.8. The van der Waals surface area contributed by atoms with Gasteiger partial charge >= 0.3 is 0 Å². The zero-order valence-corrected chi connectivity index (χ0v) is 18.0. The minimum Gasteiger partial charge on any atom is -0.493 e. The van der Waals surface area contributed by atoms with Crippen molar-refractivity contribution in [2.45, 2.75) is 13.0 Å². The molecule has 31 heavy (non-hydrogen) atoms. The standard InChI is InChI=1S/C21H21FN4O4S/c1-11-24-21(26-30-11)12-4-6-13(7-5-12)25-17(20(23)31-3)14-10-15(27-2)18-19(16(14)22)29-9-8-28-18/h4-7,10,17,23,25H,8-9H2,1-3H3. The summed E-state index contributed by atoms with van der Waals surface area (Å²) in [7, 11) is 1.48. The van der Waals surface area contributed by atoms with Gasteiger partial charge in [-0.1, -0.05) is 5.16 Å². The fourth-order valence-corrected chi connectivity index (χ4v) is 3.65. The first-order chi connectivity index (χ1) is 15.0. The number of aryl methyl sites for hydroxylation is 1. The van der Waals surface area contributed by atoms with Gasteiger partial charge in [0.2, 0.25) is 23.2 Å². The molecular weight excluding hydrogens is 423 g/mol. The Hall–Kier alpha value is -3.27. The first-order valence-electron chi connectivity index (χ1n) is 9.47. The molecule has 0 saturated heterocycles. The Labute approximate surface area is 182 Å². The average molecular weight is 444 g/mol. The predicted octanol–water partition coefficient (Wildman–Crippen LogP) is 4.46. The number of fused-ring (bicyclic) bond motifs is 1. The lowest BCUT2D eigenvalue weighted by molar-refractivity contribution is 0.157. The predicted molar refractivity (Wildman–Crippen MR) is 116 cm³/mol. The molecule has 2 N–H and O–H groups in total. The van der Waals surface area contributed by atoms with Gasteiger partial charge in [0, 0.05) is 23.7 Å². The molecule has 4 rings (SSSR count). The van der Waals surface area contributed by atoms with Gasteiger partial charge < -0.3 is 24.1 Å². The Kier molecular flexibility index (Phi) is 5.99. The number of halogens is 1. The van der Waals surface area contributed by atoms with Crippen LogP contribution in [0, 0.1) is 18.2 Å². The highest BCUT2D eigenvalue weighted by Crippen LogP contribution is 2.45. The van der Waals surface area contributed by atoms with Crippen molar-refractivity contribution in [2.75, 3.05) is 31.9 Å². The molecule has 0 amide bonds. The first-order valence-corrected chi connectivity index (χ1v) is 10.7. The maximum absolute atomic E-state index is 15.4. The van der Waals surface area contributed by atoms with Gasteiger partial charge in [0.15, 0.2) is 11.6 Å². The summed E-state index contributed by atoms with van der Waals surface area (Å²) in [5.74, 6) is 0.988. The third-order valence-corrected chi connectivity index (χ3v) is 5.42. The minimum atomic E-state index is -0.752. The zero-order valence-electron chi connectivity index (χ0n) is 17.2. The van der Waals surface area contributed by atoms with E-state index >= 15 is 4.39 Å². The molecule has 2 heterocycles. The highest BCUT2D eigenvalue weighted by molar-refractivity contribution is 8.13. The number of anilines is 1. The monoisotopic (exact) mass is 444 g/mol. The Morgan fingerprint density at radius 2 is 1.94 bits per heavy atom. The largest absolute Gasteiger partial charge is 0.493 e. The van der Waals surface area contributed by atoms with Crippen molar-refractivity contribution in [2.24, 2.45) is 0 Å². The molecule has 0 aliphatic carbocycles. The van der Waals surface area contributed by atoms with Crippen molar-refractivity contribution >= 4 is 22.5 Å². The van der Waals surface area contributed by atoms with E-state index in [9.17, 15) is 0 Å². The van der Waals surface area contributed by atoms with E-state index in [2.05, 4.69) is 15.5 Å². The van der Waals surface area contributed by atoms with Gasteiger partial charge in [-0.15, -0.1) is 11.8 Å². The first kappa shape index (κ1) is 21.0. The summed E-state index contributed by atoms with van der Waals surface area (Å²) in [6.45, 7) is 2.28. The molecule has 0 fully saturated rings. The number of benzene rings is 2. The average Bonchev–Trinajstić information content (AvgIpc) is 3.24. The lowest BCUT2D eigenvalue weighted by Gasteiger charge is -2.26. The molecule has 1 aromatic heterocycles. The highest BCUT2D eigenvalue weighted by atomic mass is 32.2. The van der Waals surface area contributed by atoms with Gasteiger partial charge in [0.1, 0.15) is 19.3 Å². The maximum atomic E-state index is 15.4. The van der Waals surface area contributed by atoms with Crippen LogP contribution in [0.15, 0.2) is 34.9 Å². The van der Waals surface area contributed by atoms with Crippen LogP contribution in [-0.2, 0) is 0 Å². The van der Waals surface area contributed by atoms with Crippen LogP contribution in [-0.4, -0.2) is 41.8 Å². The van der Waals surface area contributed by atoms with E-state index in [-0.39, 0.29) is 28.7 Å². The number of thioether (sulfide) groups is 1. The van der Waals surface area contributed by atoms with Crippen LogP contribution in [0.2, 0.25) is 0 Å². The Balaban J connectivity index is 1.68. The molecule has 0 spiro atoms. The fourth-order valence-electron chi connectivity index (χ4n) is 3.23. The summed E-state index contributed by atoms with van der Waals surface area (Å²) in [6.07, 6.45) is 1.77. The number of aromatic nitrogens is 2. The van der Waals surface area contributed by atoms with E-state index in [1.54, 1.807) is 19.2 Å². The van der Waals surface area contributed by atoms with Crippen molar-refractivity contribution in [1.82, 2.24) is 10.1 Å². The highest BCUT2D eigenvalue weighted by Gasteiger charge is 2.30. The molecule has 1 atom stereocenters. The lowest BCUT2D eigenvalue weighted by Crippen LogP contribution is -2.22. The second kappa shape index (κ2) is 8.84. The number of methoxy groups -OCH3 is 1. The Morgan fingerprint density at radius 3 is 2.55 bits per heavy atom. The summed E-state index contributed by atoms with van der Waals surface area (Å²) in [5.41, 5.74) is 1.71. The van der Waals surface area contributed by atoms with Gasteiger partial charge in [-0.2, -0.15) is 4.98 Å². The SMILES string of the molecule is COc1cc(C(Nc2ccc(-c3noc(C)n3)cc2)C(=N)SC)c(F)c2c1OCCO2. The van der Waals surface area contributed by atoms with Crippen molar-refractivity contribution in [3.8, 4) is 28.6 Å². The van der Waals surface area contributed by atoms with Crippen LogP contribution in [0.3, 0.4) is 0 Å². The van der Waals surface area contributed by atoms with Gasteiger partial charge in [-0.3, -0.25) is 5.41 Å².